The van der Waals surface area contributed by atoms with Crippen LogP contribution in [0.2, 0.25) is 0 Å². The first-order valence-corrected chi connectivity index (χ1v) is 9.37. The first-order chi connectivity index (χ1) is 13.0. The minimum atomic E-state index is -0.668. The van der Waals surface area contributed by atoms with E-state index in [0.717, 1.165) is 31.6 Å². The van der Waals surface area contributed by atoms with Gasteiger partial charge in [0.15, 0.2) is 5.65 Å². The van der Waals surface area contributed by atoms with Gasteiger partial charge in [0.05, 0.1) is 18.4 Å². The largest absolute Gasteiger partial charge is 0.317 e. The fourth-order valence-corrected chi connectivity index (χ4v) is 3.85. The van der Waals surface area contributed by atoms with Crippen LogP contribution in [0.25, 0.3) is 5.65 Å². The van der Waals surface area contributed by atoms with Gasteiger partial charge in [-0.2, -0.15) is 9.49 Å². The molecule has 1 aliphatic rings. The Labute approximate surface area is 156 Å². The third kappa shape index (κ3) is 3.43. The Bertz CT molecular complexity index is 954. The Kier molecular flexibility index (Phi) is 4.63. The summed E-state index contributed by atoms with van der Waals surface area (Å²) >= 11 is 0. The average molecular weight is 370 g/mol. The second kappa shape index (κ2) is 7.09. The van der Waals surface area contributed by atoms with Gasteiger partial charge < -0.3 is 5.32 Å². The second-order valence-corrected chi connectivity index (χ2v) is 7.53. The maximum atomic E-state index is 14.3. The van der Waals surface area contributed by atoms with Gasteiger partial charge in [-0.05, 0) is 43.6 Å². The van der Waals surface area contributed by atoms with Gasteiger partial charge in [-0.1, -0.05) is 13.8 Å². The lowest BCUT2D eigenvalue weighted by Gasteiger charge is -2.30. The first-order valence-electron chi connectivity index (χ1n) is 9.37. The number of aromatic nitrogens is 5. The van der Waals surface area contributed by atoms with E-state index in [-0.39, 0.29) is 11.7 Å². The lowest BCUT2D eigenvalue weighted by atomic mass is 9.80. The Morgan fingerprint density at radius 2 is 2.07 bits per heavy atom. The molecule has 0 saturated heterocycles. The summed E-state index contributed by atoms with van der Waals surface area (Å²) in [6.07, 6.45) is 10.5. The molecule has 1 saturated carbocycles. The second-order valence-electron chi connectivity index (χ2n) is 7.53. The summed E-state index contributed by atoms with van der Waals surface area (Å²) in [4.78, 5) is 16.7. The van der Waals surface area contributed by atoms with Crippen LogP contribution in [0.3, 0.4) is 0 Å². The summed E-state index contributed by atoms with van der Waals surface area (Å²) in [5.74, 6) is 0.281. The van der Waals surface area contributed by atoms with Gasteiger partial charge in [0, 0.05) is 12.4 Å². The van der Waals surface area contributed by atoms with Gasteiger partial charge in [-0.15, -0.1) is 5.10 Å². The van der Waals surface area contributed by atoms with Crippen molar-refractivity contribution < 1.29 is 9.18 Å². The van der Waals surface area contributed by atoms with Crippen LogP contribution in [0.4, 0.5) is 10.1 Å². The molecule has 142 valence electrons. The number of nitrogens with zero attached hydrogens (tertiary/aromatic N) is 5. The Morgan fingerprint density at radius 3 is 2.81 bits per heavy atom. The fraction of sp³-hybridized carbons (Fsp3) is 0.474. The number of hydrogen-bond donors (Lipinski definition) is 1. The molecule has 3 aromatic rings. The average Bonchev–Trinajstić information content (AvgIpc) is 3.26. The zero-order chi connectivity index (χ0) is 19.0. The van der Waals surface area contributed by atoms with E-state index in [4.69, 9.17) is 0 Å². The summed E-state index contributed by atoms with van der Waals surface area (Å²) in [5.41, 5.74) is 0.802. The third-order valence-electron chi connectivity index (χ3n) is 5.52. The number of fused-ring (bicyclic) bond motifs is 1. The lowest BCUT2D eigenvalue weighted by molar-refractivity contribution is 0.102. The van der Waals surface area contributed by atoms with E-state index in [9.17, 15) is 9.18 Å². The molecule has 7 nitrogen and oxygen atoms in total. The molecule has 0 radical (unpaired) electrons. The van der Waals surface area contributed by atoms with Gasteiger partial charge in [0.25, 0.3) is 11.9 Å². The summed E-state index contributed by atoms with van der Waals surface area (Å²) in [5, 5.41) is 10.7. The van der Waals surface area contributed by atoms with E-state index in [1.54, 1.807) is 29.3 Å². The van der Waals surface area contributed by atoms with Gasteiger partial charge in [0.2, 0.25) is 0 Å². The molecular formula is C19H23FN6O. The van der Waals surface area contributed by atoms with Crippen molar-refractivity contribution in [3.8, 4) is 0 Å². The van der Waals surface area contributed by atoms with Crippen LogP contribution < -0.4 is 5.32 Å². The highest BCUT2D eigenvalue weighted by Crippen LogP contribution is 2.36. The number of amides is 1. The van der Waals surface area contributed by atoms with E-state index in [2.05, 4.69) is 34.3 Å². The van der Waals surface area contributed by atoms with Crippen molar-refractivity contribution in [3.63, 3.8) is 0 Å². The van der Waals surface area contributed by atoms with Gasteiger partial charge in [0.1, 0.15) is 11.3 Å². The normalized spacial score (nSPS) is 20.3. The maximum absolute atomic E-state index is 14.3. The van der Waals surface area contributed by atoms with Crippen LogP contribution in [0.1, 0.15) is 55.9 Å². The van der Waals surface area contributed by atoms with Gasteiger partial charge in [-0.25, -0.2) is 9.50 Å². The van der Waals surface area contributed by atoms with Crippen LogP contribution in [-0.4, -0.2) is 30.3 Å². The van der Waals surface area contributed by atoms with Crippen LogP contribution in [-0.2, 0) is 0 Å². The SMILES string of the molecule is CC(C)C1CCC(n2cc(NC(=O)c3cnn4cccnc34)c(F)n2)CC1. The number of halogens is 1. The molecular weight excluding hydrogens is 347 g/mol. The molecule has 1 amide bonds. The highest BCUT2D eigenvalue weighted by Gasteiger charge is 2.26. The molecule has 4 rings (SSSR count). The van der Waals surface area contributed by atoms with Crippen LogP contribution in [0, 0.1) is 17.8 Å². The molecule has 0 aliphatic heterocycles. The minimum Gasteiger partial charge on any atom is -0.317 e. The van der Waals surface area contributed by atoms with Crippen molar-refractivity contribution >= 4 is 17.2 Å². The Balaban J connectivity index is 1.48. The zero-order valence-corrected chi connectivity index (χ0v) is 15.5. The van der Waals surface area contributed by atoms with Gasteiger partial charge in [-0.3, -0.25) is 9.48 Å². The number of nitrogens with one attached hydrogen (secondary N) is 1. The van der Waals surface area contributed by atoms with Crippen molar-refractivity contribution in [1.82, 2.24) is 24.4 Å². The van der Waals surface area contributed by atoms with E-state index in [1.165, 1.54) is 10.7 Å². The van der Waals surface area contributed by atoms with Crippen LogP contribution in [0.15, 0.2) is 30.9 Å². The first kappa shape index (κ1) is 17.6. The molecule has 0 aromatic carbocycles. The molecule has 1 aliphatic carbocycles. The highest BCUT2D eigenvalue weighted by atomic mass is 19.1. The van der Waals surface area contributed by atoms with E-state index < -0.39 is 11.9 Å². The van der Waals surface area contributed by atoms with E-state index >= 15 is 0 Å². The lowest BCUT2D eigenvalue weighted by Crippen LogP contribution is -2.21. The molecule has 8 heteroatoms. The summed E-state index contributed by atoms with van der Waals surface area (Å²) < 4.78 is 17.5. The Morgan fingerprint density at radius 1 is 1.30 bits per heavy atom. The number of anilines is 1. The predicted octanol–water partition coefficient (Wildman–Crippen LogP) is 3.70. The van der Waals surface area contributed by atoms with Crippen molar-refractivity contribution in [2.75, 3.05) is 5.32 Å². The van der Waals surface area contributed by atoms with E-state index in [0.29, 0.717) is 17.1 Å². The number of hydrogen-bond acceptors (Lipinski definition) is 4. The third-order valence-corrected chi connectivity index (χ3v) is 5.52. The molecule has 27 heavy (non-hydrogen) atoms. The van der Waals surface area contributed by atoms with Crippen molar-refractivity contribution in [3.05, 3.63) is 42.4 Å². The van der Waals surface area contributed by atoms with Crippen molar-refractivity contribution in [2.45, 2.75) is 45.6 Å². The highest BCUT2D eigenvalue weighted by molar-refractivity contribution is 6.08. The summed E-state index contributed by atoms with van der Waals surface area (Å²) in [7, 11) is 0. The smallest absolute Gasteiger partial charge is 0.261 e. The molecule has 0 spiro atoms. The molecule has 0 unspecified atom stereocenters. The minimum absolute atomic E-state index is 0.0845. The van der Waals surface area contributed by atoms with Crippen molar-refractivity contribution in [1.29, 1.82) is 0 Å². The van der Waals surface area contributed by atoms with Crippen LogP contribution in [0.5, 0.6) is 0 Å². The standard InChI is InChI=1S/C19H23FN6O/c1-12(2)13-4-6-14(7-5-13)26-11-16(17(20)24-26)23-19(27)15-10-22-25-9-3-8-21-18(15)25/h3,8-14H,4-7H2,1-2H3,(H,23,27). The monoisotopic (exact) mass is 370 g/mol. The number of carbonyl (C=O) groups excluding carboxylic acids is 1. The number of rotatable bonds is 4. The number of carbonyl (C=O) groups is 1. The molecule has 3 heterocycles. The van der Waals surface area contributed by atoms with Crippen LogP contribution >= 0.6 is 0 Å². The molecule has 0 atom stereocenters. The fourth-order valence-electron chi connectivity index (χ4n) is 3.85. The predicted molar refractivity (Wildman–Crippen MR) is 99.0 cm³/mol. The molecule has 0 bridgehead atoms. The van der Waals surface area contributed by atoms with Gasteiger partial charge >= 0.3 is 0 Å². The molecule has 1 N–H and O–H groups in total. The van der Waals surface area contributed by atoms with E-state index in [1.807, 2.05) is 0 Å². The van der Waals surface area contributed by atoms with Crippen molar-refractivity contribution in [2.24, 2.45) is 11.8 Å². The molecule has 1 fully saturated rings. The quantitative estimate of drug-likeness (QED) is 0.760. The topological polar surface area (TPSA) is 77.1 Å². The molecule has 3 aromatic heterocycles. The Hall–Kier alpha value is -2.77. The summed E-state index contributed by atoms with van der Waals surface area (Å²) in [6, 6.07) is 1.90. The maximum Gasteiger partial charge on any atom is 0.261 e. The summed E-state index contributed by atoms with van der Waals surface area (Å²) in [6.45, 7) is 4.50. The zero-order valence-electron chi connectivity index (χ0n) is 15.5.